The van der Waals surface area contributed by atoms with Crippen molar-refractivity contribution in [2.45, 2.75) is 37.6 Å². The van der Waals surface area contributed by atoms with Crippen molar-refractivity contribution in [1.29, 1.82) is 0 Å². The summed E-state index contributed by atoms with van der Waals surface area (Å²) in [6.07, 6.45) is -8.97. The molecule has 0 unspecified atom stereocenters. The van der Waals surface area contributed by atoms with Crippen LogP contribution in [0.1, 0.15) is 6.92 Å². The Labute approximate surface area is 202 Å². The quantitative estimate of drug-likeness (QED) is 0.352. The first-order chi connectivity index (χ1) is 17.1. The molecule has 0 aliphatic carbocycles. The minimum Gasteiger partial charge on any atom is -0.507 e. The smallest absolute Gasteiger partial charge is 0.335 e. The van der Waals surface area contributed by atoms with Crippen molar-refractivity contribution in [2.24, 2.45) is 0 Å². The molecule has 0 radical (unpaired) electrons. The van der Waals surface area contributed by atoms with Gasteiger partial charge in [0.15, 0.2) is 17.6 Å². The van der Waals surface area contributed by atoms with Gasteiger partial charge in [-0.3, -0.25) is 9.59 Å². The molecule has 0 spiro atoms. The first-order valence-corrected chi connectivity index (χ1v) is 10.6. The Kier molecular flexibility index (Phi) is 6.84. The van der Waals surface area contributed by atoms with Gasteiger partial charge in [0.1, 0.15) is 46.2 Å². The second kappa shape index (κ2) is 9.85. The van der Waals surface area contributed by atoms with Crippen LogP contribution in [0.3, 0.4) is 0 Å². The van der Waals surface area contributed by atoms with Crippen LogP contribution < -0.4 is 14.9 Å². The summed E-state index contributed by atoms with van der Waals surface area (Å²) in [6.45, 7) is 1.04. The maximum atomic E-state index is 12.7. The molecule has 1 aliphatic heterocycles. The summed E-state index contributed by atoms with van der Waals surface area (Å²) in [7, 11) is 1.51. The Morgan fingerprint density at radius 1 is 1.00 bits per heavy atom. The second-order valence-corrected chi connectivity index (χ2v) is 7.96. The van der Waals surface area contributed by atoms with Gasteiger partial charge >= 0.3 is 11.9 Å². The zero-order chi connectivity index (χ0) is 26.1. The highest BCUT2D eigenvalue weighted by Crippen LogP contribution is 2.34. The molecule has 2 heterocycles. The zero-order valence-electron chi connectivity index (χ0n) is 19.0. The highest BCUT2D eigenvalue weighted by atomic mass is 16.7. The van der Waals surface area contributed by atoms with Gasteiger partial charge in [-0.25, -0.2) is 4.79 Å². The number of rotatable bonds is 6. The van der Waals surface area contributed by atoms with Crippen LogP contribution in [0.15, 0.2) is 51.7 Å². The summed E-state index contributed by atoms with van der Waals surface area (Å²) in [6, 6.07) is 10.2. The van der Waals surface area contributed by atoms with E-state index in [2.05, 4.69) is 0 Å². The predicted molar refractivity (Wildman–Crippen MR) is 121 cm³/mol. The van der Waals surface area contributed by atoms with Gasteiger partial charge in [-0.2, -0.15) is 0 Å². The van der Waals surface area contributed by atoms with Crippen molar-refractivity contribution < 1.29 is 53.4 Å². The Morgan fingerprint density at radius 2 is 1.69 bits per heavy atom. The number of carbonyl (C=O) groups is 2. The Morgan fingerprint density at radius 3 is 2.31 bits per heavy atom. The molecule has 2 aromatic carbocycles. The first kappa shape index (κ1) is 25.0. The van der Waals surface area contributed by atoms with Crippen LogP contribution >= 0.6 is 0 Å². The summed E-state index contributed by atoms with van der Waals surface area (Å²) >= 11 is 0. The fourth-order valence-corrected chi connectivity index (χ4v) is 3.80. The third kappa shape index (κ3) is 4.82. The summed E-state index contributed by atoms with van der Waals surface area (Å²) in [5.41, 5.74) is -0.0617. The van der Waals surface area contributed by atoms with Crippen molar-refractivity contribution in [3.05, 3.63) is 52.7 Å². The molecular weight excluding hydrogens is 480 g/mol. The third-order valence-electron chi connectivity index (χ3n) is 5.50. The molecule has 4 rings (SSSR count). The van der Waals surface area contributed by atoms with E-state index < -0.39 is 53.8 Å². The molecular formula is C24H22O12. The SMILES string of the molecule is COc1ccc(-c2cc(=O)c3c(O)cc(O[C@@H]4O[C@H](C(=O)O)[C@@H](O)[C@H](O)[C@H]4OC(C)=O)cc3o2)cc1. The van der Waals surface area contributed by atoms with Crippen LogP contribution in [0, 0.1) is 0 Å². The summed E-state index contributed by atoms with van der Waals surface area (Å²) in [4.78, 5) is 35.7. The van der Waals surface area contributed by atoms with Gasteiger partial charge in [0, 0.05) is 30.7 Å². The van der Waals surface area contributed by atoms with Gasteiger partial charge in [0.05, 0.1) is 7.11 Å². The van der Waals surface area contributed by atoms with Gasteiger partial charge in [-0.1, -0.05) is 0 Å². The summed E-state index contributed by atoms with van der Waals surface area (Å²) in [5.74, 6) is -2.33. The highest BCUT2D eigenvalue weighted by Gasteiger charge is 2.50. The second-order valence-electron chi connectivity index (χ2n) is 7.96. The van der Waals surface area contributed by atoms with Crippen LogP contribution in [0.2, 0.25) is 0 Å². The molecule has 36 heavy (non-hydrogen) atoms. The van der Waals surface area contributed by atoms with Crippen LogP contribution in [0.4, 0.5) is 0 Å². The number of hydrogen-bond donors (Lipinski definition) is 4. The molecule has 1 fully saturated rings. The number of methoxy groups -OCH3 is 1. The Bertz CT molecular complexity index is 1350. The number of aliphatic hydroxyl groups excluding tert-OH is 2. The minimum absolute atomic E-state index is 0.0708. The standard InChI is InChI=1S/C24H22O12/c1-10(25)33-22-20(29)19(28)21(23(30)31)36-24(22)34-13-7-14(26)18-15(27)9-16(35-17(18)8-13)11-3-5-12(32-2)6-4-11/h3-9,19-22,24,26,28-29H,1-2H3,(H,30,31)/t19-,20-,21-,22+,24+/m0/s1. The number of ether oxygens (including phenoxy) is 4. The van der Waals surface area contributed by atoms with Crippen LogP contribution in [0.5, 0.6) is 17.2 Å². The Hall–Kier alpha value is -4.13. The maximum absolute atomic E-state index is 12.7. The molecule has 1 aromatic heterocycles. The molecule has 1 aliphatic rings. The van der Waals surface area contributed by atoms with E-state index in [1.54, 1.807) is 24.3 Å². The first-order valence-electron chi connectivity index (χ1n) is 10.6. The van der Waals surface area contributed by atoms with E-state index in [0.717, 1.165) is 13.0 Å². The van der Waals surface area contributed by atoms with Crippen molar-refractivity contribution in [3.8, 4) is 28.6 Å². The molecule has 190 valence electrons. The minimum atomic E-state index is -1.92. The number of carbonyl (C=O) groups excluding carboxylic acids is 1. The van der Waals surface area contributed by atoms with Gasteiger partial charge in [-0.15, -0.1) is 0 Å². The zero-order valence-corrected chi connectivity index (χ0v) is 19.0. The molecule has 0 saturated carbocycles. The predicted octanol–water partition coefficient (Wildman–Crippen LogP) is 1.02. The number of fused-ring (bicyclic) bond motifs is 1. The van der Waals surface area contributed by atoms with Crippen molar-refractivity contribution >= 4 is 22.9 Å². The number of phenolic OH excluding ortho intramolecular Hbond substituents is 1. The number of aliphatic hydroxyl groups is 2. The number of carboxylic acid groups (broad SMARTS) is 1. The number of hydrogen-bond acceptors (Lipinski definition) is 11. The average molecular weight is 502 g/mol. The number of aliphatic carboxylic acids is 1. The van der Waals surface area contributed by atoms with E-state index in [4.69, 9.17) is 23.4 Å². The van der Waals surface area contributed by atoms with Crippen LogP contribution in [0.25, 0.3) is 22.3 Å². The lowest BCUT2D eigenvalue weighted by atomic mass is 9.98. The van der Waals surface area contributed by atoms with E-state index in [9.17, 15) is 34.8 Å². The van der Waals surface area contributed by atoms with Gasteiger partial charge in [-0.05, 0) is 24.3 Å². The summed E-state index contributed by atoms with van der Waals surface area (Å²) < 4.78 is 26.8. The van der Waals surface area contributed by atoms with E-state index in [1.165, 1.54) is 19.2 Å². The van der Waals surface area contributed by atoms with E-state index in [0.29, 0.717) is 11.3 Å². The number of phenols is 1. The topological polar surface area (TPSA) is 182 Å². The Balaban J connectivity index is 1.72. The monoisotopic (exact) mass is 502 g/mol. The lowest BCUT2D eigenvalue weighted by molar-refractivity contribution is -0.275. The van der Waals surface area contributed by atoms with Crippen LogP contribution in [-0.2, 0) is 19.1 Å². The van der Waals surface area contributed by atoms with E-state index in [-0.39, 0.29) is 22.5 Å². The van der Waals surface area contributed by atoms with Crippen molar-refractivity contribution in [3.63, 3.8) is 0 Å². The van der Waals surface area contributed by atoms with Crippen LogP contribution in [-0.4, -0.2) is 70.2 Å². The average Bonchev–Trinajstić information content (AvgIpc) is 2.82. The maximum Gasteiger partial charge on any atom is 0.335 e. The highest BCUT2D eigenvalue weighted by molar-refractivity contribution is 5.86. The molecule has 12 heteroatoms. The largest absolute Gasteiger partial charge is 0.507 e. The number of aromatic hydroxyl groups is 1. The lowest BCUT2D eigenvalue weighted by Gasteiger charge is -2.40. The molecule has 0 bridgehead atoms. The number of carboxylic acids is 1. The molecule has 3 aromatic rings. The fraction of sp³-hybridized carbons (Fsp3) is 0.292. The number of benzene rings is 2. The van der Waals surface area contributed by atoms with Gasteiger partial charge in [0.25, 0.3) is 0 Å². The fourth-order valence-electron chi connectivity index (χ4n) is 3.80. The van der Waals surface area contributed by atoms with Crippen molar-refractivity contribution in [1.82, 2.24) is 0 Å². The molecule has 0 amide bonds. The van der Waals surface area contributed by atoms with Crippen molar-refractivity contribution in [2.75, 3.05) is 7.11 Å². The van der Waals surface area contributed by atoms with E-state index >= 15 is 0 Å². The molecule has 12 nitrogen and oxygen atoms in total. The molecule has 4 N–H and O–H groups in total. The summed E-state index contributed by atoms with van der Waals surface area (Å²) in [5, 5.41) is 40.1. The van der Waals surface area contributed by atoms with E-state index in [1.807, 2.05) is 0 Å². The van der Waals surface area contributed by atoms with Gasteiger partial charge in [0.2, 0.25) is 6.29 Å². The van der Waals surface area contributed by atoms with Gasteiger partial charge < -0.3 is 43.8 Å². The normalized spacial score (nSPS) is 23.7. The molecule has 5 atom stereocenters. The number of esters is 1. The lowest BCUT2D eigenvalue weighted by Crippen LogP contribution is -2.62. The third-order valence-corrected chi connectivity index (χ3v) is 5.50. The molecule has 1 saturated heterocycles.